The fourth-order valence-electron chi connectivity index (χ4n) is 5.25. The van der Waals surface area contributed by atoms with Gasteiger partial charge in [0.05, 0.1) is 10.9 Å². The van der Waals surface area contributed by atoms with Crippen molar-refractivity contribution in [3.63, 3.8) is 0 Å². The molecule has 0 N–H and O–H groups in total. The third-order valence-corrected chi connectivity index (χ3v) is 9.68. The van der Waals surface area contributed by atoms with Crippen LogP contribution in [-0.2, 0) is 42.3 Å². The van der Waals surface area contributed by atoms with Crippen LogP contribution in [-0.4, -0.2) is 44.8 Å². The van der Waals surface area contributed by atoms with Crippen LogP contribution in [0.2, 0.25) is 0 Å². The molecule has 0 radical (unpaired) electrons. The van der Waals surface area contributed by atoms with E-state index in [2.05, 4.69) is 0 Å². The fraction of sp³-hybridized carbons (Fsp3) is 0.179. The topological polar surface area (TPSA) is 93.2 Å². The van der Waals surface area contributed by atoms with Crippen molar-refractivity contribution < 1.29 is 27.5 Å². The summed E-state index contributed by atoms with van der Waals surface area (Å²) in [5, 5.41) is 0. The highest BCUT2D eigenvalue weighted by Crippen LogP contribution is 2.37. The summed E-state index contributed by atoms with van der Waals surface area (Å²) in [5.41, 5.74) is 4.17. The molecule has 0 aliphatic heterocycles. The average molecular weight is 663 g/mol. The molecule has 5 aromatic rings. The lowest BCUT2D eigenvalue weighted by Crippen LogP contribution is -2.52. The number of esters is 2. The summed E-state index contributed by atoms with van der Waals surface area (Å²) in [4.78, 5) is 30.3. The van der Waals surface area contributed by atoms with E-state index >= 15 is 0 Å². The summed E-state index contributed by atoms with van der Waals surface area (Å²) in [5.74, 6) is -2.11. The lowest BCUT2D eigenvalue weighted by molar-refractivity contribution is -0.163. The van der Waals surface area contributed by atoms with E-state index in [1.54, 1.807) is 97.1 Å². The zero-order valence-corrected chi connectivity index (χ0v) is 27.9. The minimum atomic E-state index is -4.57. The third-order valence-electron chi connectivity index (χ3n) is 7.84. The van der Waals surface area contributed by atoms with Crippen LogP contribution in [0.15, 0.2) is 144 Å². The van der Waals surface area contributed by atoms with Crippen LogP contribution in [0, 0.1) is 6.92 Å². The molecule has 1 unspecified atom stereocenters. The van der Waals surface area contributed by atoms with Gasteiger partial charge in [0, 0.05) is 19.8 Å². The summed E-state index contributed by atoms with van der Waals surface area (Å²) in [6, 6.07) is 37.3. The predicted octanol–water partition coefficient (Wildman–Crippen LogP) is 6.70. The first-order valence-corrected chi connectivity index (χ1v) is 16.9. The number of anilines is 1. The Kier molecular flexibility index (Phi) is 11.1. The van der Waals surface area contributed by atoms with Gasteiger partial charge in [0.15, 0.2) is 0 Å². The van der Waals surface area contributed by atoms with Crippen molar-refractivity contribution in [1.82, 2.24) is 4.31 Å². The normalized spacial score (nSPS) is 12.0. The maximum absolute atomic E-state index is 14.9. The predicted molar refractivity (Wildman–Crippen MR) is 186 cm³/mol. The molecule has 0 saturated carbocycles. The Morgan fingerprint density at radius 3 is 1.50 bits per heavy atom. The van der Waals surface area contributed by atoms with Gasteiger partial charge in [-0.05, 0) is 53.4 Å². The van der Waals surface area contributed by atoms with Gasteiger partial charge in [0.25, 0.3) is 0 Å². The second kappa shape index (κ2) is 15.6. The number of rotatable bonds is 13. The Morgan fingerprint density at radius 1 is 0.604 bits per heavy atom. The number of hydrogen-bond acceptors (Lipinski definition) is 7. The number of nitrogens with zero attached hydrogens (tertiary/aromatic N) is 2. The average Bonchev–Trinajstić information content (AvgIpc) is 3.11. The Morgan fingerprint density at radius 2 is 1.04 bits per heavy atom. The fourth-order valence-corrected chi connectivity index (χ4v) is 6.95. The summed E-state index contributed by atoms with van der Waals surface area (Å²) in [7, 11) is -0.769. The van der Waals surface area contributed by atoms with Gasteiger partial charge in [0.2, 0.25) is 16.1 Å². The lowest BCUT2D eigenvalue weighted by Gasteiger charge is -2.35. The van der Waals surface area contributed by atoms with Crippen molar-refractivity contribution in [3.8, 4) is 0 Å². The van der Waals surface area contributed by atoms with Crippen molar-refractivity contribution in [1.29, 1.82) is 0 Å². The smallest absolute Gasteiger partial charge is 0.336 e. The molecule has 0 bridgehead atoms. The van der Waals surface area contributed by atoms with Crippen molar-refractivity contribution in [2.24, 2.45) is 0 Å². The van der Waals surface area contributed by atoms with Gasteiger partial charge < -0.3 is 14.4 Å². The molecule has 5 rings (SSSR count). The molecule has 0 amide bonds. The maximum Gasteiger partial charge on any atom is 0.336 e. The first-order chi connectivity index (χ1) is 23.1. The summed E-state index contributed by atoms with van der Waals surface area (Å²) in [6.45, 7) is 1.50. The van der Waals surface area contributed by atoms with Crippen molar-refractivity contribution >= 4 is 27.6 Å². The highest BCUT2D eigenvalue weighted by atomic mass is 32.2. The highest BCUT2D eigenvalue weighted by Gasteiger charge is 2.48. The highest BCUT2D eigenvalue weighted by molar-refractivity contribution is 7.89. The van der Waals surface area contributed by atoms with Crippen LogP contribution < -0.4 is 4.90 Å². The van der Waals surface area contributed by atoms with Gasteiger partial charge in [-0.1, -0.05) is 121 Å². The molecule has 0 aliphatic carbocycles. The molecule has 0 spiro atoms. The number of carbonyl (C=O) groups is 2. The number of hydrogen-bond donors (Lipinski definition) is 0. The van der Waals surface area contributed by atoms with E-state index in [0.29, 0.717) is 22.3 Å². The van der Waals surface area contributed by atoms with Crippen LogP contribution in [0.4, 0.5) is 5.69 Å². The zero-order valence-electron chi connectivity index (χ0n) is 27.1. The molecule has 8 nitrogen and oxygen atoms in total. The number of benzene rings is 5. The summed E-state index contributed by atoms with van der Waals surface area (Å²) < 4.78 is 42.2. The van der Waals surface area contributed by atoms with Crippen LogP contribution in [0.3, 0.4) is 0 Å². The molecule has 246 valence electrons. The number of carbonyl (C=O) groups excluding carboxylic acids is 2. The first kappa shape index (κ1) is 34.1. The Hall–Kier alpha value is -5.25. The van der Waals surface area contributed by atoms with Crippen LogP contribution >= 0.6 is 0 Å². The van der Waals surface area contributed by atoms with E-state index in [0.717, 1.165) is 15.6 Å². The zero-order chi connectivity index (χ0) is 34.1. The van der Waals surface area contributed by atoms with E-state index in [1.165, 1.54) is 12.1 Å². The third kappa shape index (κ3) is 8.17. The van der Waals surface area contributed by atoms with Gasteiger partial charge in [-0.2, -0.15) is 4.31 Å². The molecule has 9 heteroatoms. The van der Waals surface area contributed by atoms with E-state index in [9.17, 15) is 18.0 Å². The number of aryl methyl sites for hydroxylation is 1. The van der Waals surface area contributed by atoms with Crippen molar-refractivity contribution in [3.05, 3.63) is 167 Å². The molecule has 0 aliphatic rings. The Balaban J connectivity index is 1.69. The molecular weight excluding hydrogens is 625 g/mol. The minimum Gasteiger partial charge on any atom is -0.459 e. The maximum atomic E-state index is 14.9. The molecule has 5 aromatic carbocycles. The second-order valence-electron chi connectivity index (χ2n) is 11.5. The number of ether oxygens (including phenoxy) is 2. The second-order valence-corrected chi connectivity index (χ2v) is 13.4. The molecule has 48 heavy (non-hydrogen) atoms. The number of sulfonamides is 1. The minimum absolute atomic E-state index is 0.0874. The first-order valence-electron chi connectivity index (χ1n) is 15.5. The monoisotopic (exact) mass is 662 g/mol. The van der Waals surface area contributed by atoms with Gasteiger partial charge in [-0.25, -0.2) is 18.0 Å². The van der Waals surface area contributed by atoms with Gasteiger partial charge >= 0.3 is 11.9 Å². The van der Waals surface area contributed by atoms with E-state index < -0.39 is 34.0 Å². The molecule has 0 aromatic heterocycles. The summed E-state index contributed by atoms with van der Waals surface area (Å²) in [6.07, 6.45) is 0. The quantitative estimate of drug-likeness (QED) is 0.102. The molecule has 1 atom stereocenters. The van der Waals surface area contributed by atoms with Crippen LogP contribution in [0.1, 0.15) is 33.9 Å². The Labute approximate surface area is 282 Å². The SMILES string of the molecule is Cc1ccc(S(=O)(=O)N(C(C(=O)OCc2ccccc2)C(=O)OCc2ccccc2)C(c2ccccc2)c2ccc(N(C)C)cc2)cc1. The Bertz CT molecular complexity index is 1840. The van der Waals surface area contributed by atoms with Gasteiger partial charge in [-0.15, -0.1) is 0 Å². The van der Waals surface area contributed by atoms with E-state index in [-0.39, 0.29) is 18.1 Å². The van der Waals surface area contributed by atoms with E-state index in [1.807, 2.05) is 56.3 Å². The van der Waals surface area contributed by atoms with Crippen molar-refractivity contribution in [2.75, 3.05) is 19.0 Å². The molecular formula is C39H38N2O6S. The standard InChI is InChI=1S/C39H38N2O6S/c1-29-19-25-35(26-20-29)48(44,45)41(36(32-17-11-6-12-18-32)33-21-23-34(24-22-33)40(2)3)37(38(42)46-27-30-13-7-4-8-14-30)39(43)47-28-31-15-9-5-10-16-31/h4-26,36-37H,27-28H2,1-3H3. The molecule has 0 fully saturated rings. The molecule has 0 saturated heterocycles. The molecule has 0 heterocycles. The van der Waals surface area contributed by atoms with Gasteiger partial charge in [-0.3, -0.25) is 0 Å². The van der Waals surface area contributed by atoms with Crippen LogP contribution in [0.25, 0.3) is 0 Å². The van der Waals surface area contributed by atoms with Crippen molar-refractivity contribution in [2.45, 2.75) is 37.1 Å². The lowest BCUT2D eigenvalue weighted by atomic mass is 9.97. The van der Waals surface area contributed by atoms with E-state index in [4.69, 9.17) is 9.47 Å². The van der Waals surface area contributed by atoms with Gasteiger partial charge in [0.1, 0.15) is 13.2 Å². The largest absolute Gasteiger partial charge is 0.459 e. The summed E-state index contributed by atoms with van der Waals surface area (Å²) >= 11 is 0. The van der Waals surface area contributed by atoms with Crippen LogP contribution in [0.5, 0.6) is 0 Å².